The van der Waals surface area contributed by atoms with Crippen LogP contribution in [0.4, 0.5) is 18.9 Å². The number of amides is 1. The van der Waals surface area contributed by atoms with Crippen molar-refractivity contribution in [3.8, 4) is 0 Å². The van der Waals surface area contributed by atoms with Crippen molar-refractivity contribution in [2.45, 2.75) is 26.3 Å². The predicted octanol–water partition coefficient (Wildman–Crippen LogP) is 5.35. The number of esters is 1. The van der Waals surface area contributed by atoms with Crippen LogP contribution in [0.15, 0.2) is 34.8 Å². The minimum Gasteiger partial charge on any atom is -0.466 e. The summed E-state index contributed by atoms with van der Waals surface area (Å²) >= 11 is 4.15. The van der Waals surface area contributed by atoms with Crippen molar-refractivity contribution in [3.63, 3.8) is 0 Å². The van der Waals surface area contributed by atoms with E-state index in [1.165, 1.54) is 4.90 Å². The first-order chi connectivity index (χ1) is 14.3. The minimum atomic E-state index is -1.33. The van der Waals surface area contributed by atoms with Crippen LogP contribution >= 0.6 is 27.3 Å². The lowest BCUT2D eigenvalue weighted by Crippen LogP contribution is -2.30. The van der Waals surface area contributed by atoms with Gasteiger partial charge >= 0.3 is 5.97 Å². The molecule has 2 aromatic carbocycles. The molecule has 10 heteroatoms. The van der Waals surface area contributed by atoms with Crippen molar-refractivity contribution in [1.82, 2.24) is 4.98 Å². The Morgan fingerprint density at radius 3 is 2.50 bits per heavy atom. The maximum absolute atomic E-state index is 14.0. The molecule has 0 saturated carbocycles. The van der Waals surface area contributed by atoms with Crippen LogP contribution in [0, 0.1) is 17.5 Å². The number of aromatic nitrogens is 1. The molecule has 0 saturated heterocycles. The third-order valence-corrected chi connectivity index (χ3v) is 5.72. The summed E-state index contributed by atoms with van der Waals surface area (Å²) in [4.78, 5) is 29.8. The summed E-state index contributed by atoms with van der Waals surface area (Å²) in [5.41, 5.74) is 0.0978. The van der Waals surface area contributed by atoms with Gasteiger partial charge < -0.3 is 9.64 Å². The van der Waals surface area contributed by atoms with E-state index in [-0.39, 0.29) is 35.7 Å². The molecule has 3 aromatic rings. The van der Waals surface area contributed by atoms with Gasteiger partial charge in [0.15, 0.2) is 11.6 Å². The molecule has 1 amide bonds. The molecule has 0 radical (unpaired) electrons. The summed E-state index contributed by atoms with van der Waals surface area (Å²) in [6, 6.07) is 7.29. The summed E-state index contributed by atoms with van der Waals surface area (Å²) in [6.07, 6.45) is -0.217. The summed E-state index contributed by atoms with van der Waals surface area (Å²) in [6.45, 7) is 1.79. The topological polar surface area (TPSA) is 59.5 Å². The van der Waals surface area contributed by atoms with Gasteiger partial charge in [0.2, 0.25) is 5.91 Å². The van der Waals surface area contributed by atoms with Gasteiger partial charge in [-0.05, 0) is 31.2 Å². The Balaban J connectivity index is 1.90. The Hall–Kier alpha value is -2.46. The number of nitrogens with zero attached hydrogens (tertiary/aromatic N) is 2. The second kappa shape index (κ2) is 9.57. The first kappa shape index (κ1) is 22.2. The second-order valence-corrected chi connectivity index (χ2v) is 8.20. The smallest absolute Gasteiger partial charge is 0.306 e. The van der Waals surface area contributed by atoms with Crippen LogP contribution in [0.5, 0.6) is 0 Å². The second-order valence-electron chi connectivity index (χ2n) is 6.20. The molecule has 0 unspecified atom stereocenters. The predicted molar refractivity (Wildman–Crippen MR) is 111 cm³/mol. The molecule has 1 heterocycles. The molecule has 0 atom stereocenters. The van der Waals surface area contributed by atoms with Crippen molar-refractivity contribution < 1.29 is 27.5 Å². The van der Waals surface area contributed by atoms with Crippen LogP contribution in [0.25, 0.3) is 10.2 Å². The van der Waals surface area contributed by atoms with Crippen molar-refractivity contribution in [2.75, 3.05) is 11.5 Å². The zero-order valence-electron chi connectivity index (χ0n) is 15.8. The van der Waals surface area contributed by atoms with Gasteiger partial charge in [0, 0.05) is 22.6 Å². The molecule has 3 rings (SSSR count). The Kier molecular flexibility index (Phi) is 7.09. The standard InChI is InChI=1S/C20H16BrF3N2O3S/c1-2-29-17(28)8-7-16(27)26(12-5-3-11(21)4-6-12)10-15-25-19-18(24)13(22)9-14(23)20(19)30-15/h3-6,9H,2,7-8,10H2,1H3. The van der Waals surface area contributed by atoms with Crippen LogP contribution in [0.1, 0.15) is 24.8 Å². The Morgan fingerprint density at radius 2 is 1.83 bits per heavy atom. The van der Waals surface area contributed by atoms with Crippen molar-refractivity contribution >= 4 is 55.0 Å². The van der Waals surface area contributed by atoms with Gasteiger partial charge in [-0.1, -0.05) is 15.9 Å². The van der Waals surface area contributed by atoms with E-state index in [1.54, 1.807) is 31.2 Å². The molecule has 0 spiro atoms. The maximum atomic E-state index is 14.0. The summed E-state index contributed by atoms with van der Waals surface area (Å²) in [5.74, 6) is -4.38. The molecule has 0 bridgehead atoms. The molecular weight excluding hydrogens is 485 g/mol. The van der Waals surface area contributed by atoms with E-state index in [0.29, 0.717) is 11.8 Å². The highest BCUT2D eigenvalue weighted by molar-refractivity contribution is 9.10. The van der Waals surface area contributed by atoms with Crippen LogP contribution in [0.2, 0.25) is 0 Å². The van der Waals surface area contributed by atoms with E-state index in [9.17, 15) is 22.8 Å². The van der Waals surface area contributed by atoms with Gasteiger partial charge in [-0.25, -0.2) is 18.2 Å². The summed E-state index contributed by atoms with van der Waals surface area (Å²) in [7, 11) is 0. The maximum Gasteiger partial charge on any atom is 0.306 e. The Morgan fingerprint density at radius 1 is 1.13 bits per heavy atom. The third kappa shape index (κ3) is 4.99. The molecule has 0 aliphatic carbocycles. The fourth-order valence-electron chi connectivity index (χ4n) is 2.75. The monoisotopic (exact) mass is 500 g/mol. The van der Waals surface area contributed by atoms with E-state index in [0.717, 1.165) is 15.8 Å². The van der Waals surface area contributed by atoms with E-state index < -0.39 is 34.8 Å². The van der Waals surface area contributed by atoms with Crippen molar-refractivity contribution in [2.24, 2.45) is 0 Å². The zero-order valence-corrected chi connectivity index (χ0v) is 18.2. The van der Waals surface area contributed by atoms with Gasteiger partial charge in [0.1, 0.15) is 16.3 Å². The Bertz CT molecular complexity index is 1090. The number of anilines is 1. The number of benzene rings is 2. The number of hydrogen-bond acceptors (Lipinski definition) is 5. The van der Waals surface area contributed by atoms with Gasteiger partial charge in [-0.3, -0.25) is 9.59 Å². The van der Waals surface area contributed by atoms with Crippen molar-refractivity contribution in [1.29, 1.82) is 0 Å². The number of hydrogen-bond donors (Lipinski definition) is 0. The quantitative estimate of drug-likeness (QED) is 0.324. The third-order valence-electron chi connectivity index (χ3n) is 4.14. The molecule has 0 aliphatic rings. The fourth-order valence-corrected chi connectivity index (χ4v) is 3.97. The van der Waals surface area contributed by atoms with Crippen LogP contribution in [0.3, 0.4) is 0 Å². The average molecular weight is 501 g/mol. The number of rotatable bonds is 7. The van der Waals surface area contributed by atoms with E-state index in [2.05, 4.69) is 20.9 Å². The molecule has 1 aromatic heterocycles. The van der Waals surface area contributed by atoms with Gasteiger partial charge in [-0.2, -0.15) is 0 Å². The fraction of sp³-hybridized carbons (Fsp3) is 0.250. The Labute approximate surface area is 182 Å². The summed E-state index contributed by atoms with van der Waals surface area (Å²) in [5, 5.41) is 0.223. The lowest BCUT2D eigenvalue weighted by atomic mass is 10.2. The van der Waals surface area contributed by atoms with Gasteiger partial charge in [-0.15, -0.1) is 11.3 Å². The average Bonchev–Trinajstić information content (AvgIpc) is 3.14. The highest BCUT2D eigenvalue weighted by Gasteiger charge is 2.22. The SMILES string of the molecule is CCOC(=O)CCC(=O)N(Cc1nc2c(F)c(F)cc(F)c2s1)c1ccc(Br)cc1. The molecule has 158 valence electrons. The highest BCUT2D eigenvalue weighted by atomic mass is 79.9. The molecule has 5 nitrogen and oxygen atoms in total. The molecule has 0 fully saturated rings. The van der Waals surface area contributed by atoms with E-state index in [4.69, 9.17) is 4.74 Å². The van der Waals surface area contributed by atoms with Gasteiger partial charge in [0.25, 0.3) is 0 Å². The molecule has 0 aliphatic heterocycles. The summed E-state index contributed by atoms with van der Waals surface area (Å²) < 4.78 is 47.0. The first-order valence-corrected chi connectivity index (χ1v) is 10.6. The minimum absolute atomic E-state index is 0.0941. The molecule has 0 N–H and O–H groups in total. The lowest BCUT2D eigenvalue weighted by Gasteiger charge is -2.22. The van der Waals surface area contributed by atoms with E-state index >= 15 is 0 Å². The number of carbonyl (C=O) groups is 2. The largest absolute Gasteiger partial charge is 0.466 e. The molecular formula is C20H16BrF3N2O3S. The zero-order chi connectivity index (χ0) is 21.8. The van der Waals surface area contributed by atoms with Crippen LogP contribution in [-0.4, -0.2) is 23.5 Å². The number of carbonyl (C=O) groups excluding carboxylic acids is 2. The number of thiazole rings is 1. The lowest BCUT2D eigenvalue weighted by molar-refractivity contribution is -0.144. The number of ether oxygens (including phenoxy) is 1. The molecule has 30 heavy (non-hydrogen) atoms. The van der Waals surface area contributed by atoms with Crippen LogP contribution in [-0.2, 0) is 20.9 Å². The van der Waals surface area contributed by atoms with Crippen molar-refractivity contribution in [3.05, 3.63) is 57.3 Å². The number of halogens is 4. The van der Waals surface area contributed by atoms with Crippen LogP contribution < -0.4 is 4.90 Å². The highest BCUT2D eigenvalue weighted by Crippen LogP contribution is 2.31. The first-order valence-electron chi connectivity index (χ1n) is 8.94. The normalized spacial score (nSPS) is 11.0. The van der Waals surface area contributed by atoms with Gasteiger partial charge in [0.05, 0.1) is 24.3 Å². The number of fused-ring (bicyclic) bond motifs is 1. The van der Waals surface area contributed by atoms with E-state index in [1.807, 2.05) is 0 Å².